The molecule has 0 spiro atoms. The average Bonchev–Trinajstić information content (AvgIpc) is 2.82. The Kier molecular flexibility index (Phi) is 9.52. The van der Waals surface area contributed by atoms with Crippen LogP contribution in [0.25, 0.3) is 0 Å². The zero-order chi connectivity index (χ0) is 24.2. The van der Waals surface area contributed by atoms with Gasteiger partial charge in [0.25, 0.3) is 0 Å². The molecule has 1 atom stereocenters. The topological polar surface area (TPSA) is 82.1 Å². The summed E-state index contributed by atoms with van der Waals surface area (Å²) in [6.45, 7) is 2.56. The lowest BCUT2D eigenvalue weighted by Gasteiger charge is -2.15. The van der Waals surface area contributed by atoms with Gasteiger partial charge < -0.3 is 19.3 Å². The molecule has 34 heavy (non-hydrogen) atoms. The van der Waals surface area contributed by atoms with E-state index in [1.54, 1.807) is 6.92 Å². The molecule has 3 aromatic carbocycles. The number of carboxylic acids is 1. The molecule has 6 nitrogen and oxygen atoms in total. The van der Waals surface area contributed by atoms with Crippen molar-refractivity contribution in [2.75, 3.05) is 0 Å². The van der Waals surface area contributed by atoms with Gasteiger partial charge in [0.05, 0.1) is 12.5 Å². The molecule has 6 heteroatoms. The molecule has 0 aromatic heterocycles. The summed E-state index contributed by atoms with van der Waals surface area (Å²) >= 11 is 0. The Hall–Kier alpha value is -3.80. The molecule has 0 saturated heterocycles. The minimum atomic E-state index is -0.853. The lowest BCUT2D eigenvalue weighted by atomic mass is 10.1. The number of rotatable bonds is 13. The van der Waals surface area contributed by atoms with Crippen LogP contribution in [0.15, 0.2) is 78.9 Å². The van der Waals surface area contributed by atoms with Gasteiger partial charge in [-0.15, -0.1) is 0 Å². The van der Waals surface area contributed by atoms with E-state index in [0.29, 0.717) is 37.6 Å². The number of carbonyl (C=O) groups is 2. The number of benzene rings is 3. The summed E-state index contributed by atoms with van der Waals surface area (Å²) in [6.07, 6.45) is 0.740. The fourth-order valence-corrected chi connectivity index (χ4v) is 3.41. The number of carboxylic acid groups (broad SMARTS) is 1. The third-order valence-electron chi connectivity index (χ3n) is 5.12. The van der Waals surface area contributed by atoms with Gasteiger partial charge in [-0.25, -0.2) is 0 Å². The number of aliphatic carboxylic acids is 1. The zero-order valence-electron chi connectivity index (χ0n) is 19.3. The van der Waals surface area contributed by atoms with E-state index < -0.39 is 5.97 Å². The normalized spacial score (nSPS) is 11.4. The Labute approximate surface area is 200 Å². The molecular formula is C28H30O6. The van der Waals surface area contributed by atoms with E-state index >= 15 is 0 Å². The highest BCUT2D eigenvalue weighted by atomic mass is 16.5. The van der Waals surface area contributed by atoms with Crippen LogP contribution in [0.4, 0.5) is 0 Å². The molecule has 3 aromatic rings. The third kappa shape index (κ3) is 8.98. The quantitative estimate of drug-likeness (QED) is 0.334. The van der Waals surface area contributed by atoms with Gasteiger partial charge in [0.2, 0.25) is 0 Å². The molecule has 178 valence electrons. The van der Waals surface area contributed by atoms with Gasteiger partial charge in [-0.1, -0.05) is 60.7 Å². The van der Waals surface area contributed by atoms with Crippen LogP contribution in [0.1, 0.15) is 42.9 Å². The summed E-state index contributed by atoms with van der Waals surface area (Å²) < 4.78 is 17.4. The summed E-state index contributed by atoms with van der Waals surface area (Å²) in [4.78, 5) is 23.1. The van der Waals surface area contributed by atoms with Crippen LogP contribution >= 0.6 is 0 Å². The first-order valence-corrected chi connectivity index (χ1v) is 11.4. The molecule has 0 aliphatic carbocycles. The van der Waals surface area contributed by atoms with Crippen molar-refractivity contribution in [2.45, 2.75) is 51.9 Å². The summed E-state index contributed by atoms with van der Waals surface area (Å²) in [5.41, 5.74) is 2.79. The first-order chi connectivity index (χ1) is 16.5. The minimum absolute atomic E-state index is 0.0603. The highest BCUT2D eigenvalue weighted by Gasteiger charge is 2.13. The molecule has 0 amide bonds. The molecule has 0 radical (unpaired) electrons. The van der Waals surface area contributed by atoms with E-state index in [-0.39, 0.29) is 24.9 Å². The fourth-order valence-electron chi connectivity index (χ4n) is 3.41. The lowest BCUT2D eigenvalue weighted by molar-refractivity contribution is -0.147. The Morgan fingerprint density at radius 3 is 1.82 bits per heavy atom. The molecule has 0 fully saturated rings. The van der Waals surface area contributed by atoms with Gasteiger partial charge >= 0.3 is 11.9 Å². The van der Waals surface area contributed by atoms with E-state index in [4.69, 9.17) is 19.3 Å². The van der Waals surface area contributed by atoms with E-state index in [0.717, 1.165) is 16.7 Å². The van der Waals surface area contributed by atoms with Crippen LogP contribution in [0.3, 0.4) is 0 Å². The number of esters is 1. The van der Waals surface area contributed by atoms with Crippen molar-refractivity contribution in [2.24, 2.45) is 0 Å². The molecule has 1 N–H and O–H groups in total. The Morgan fingerprint density at radius 2 is 1.32 bits per heavy atom. The standard InChI is InChI=1S/C28H30O6/c1-21(9-8-14-27(29)30)34-28(31)17-24-15-25(32-19-22-10-4-2-5-11-22)18-26(16-24)33-20-23-12-6-3-7-13-23/h2-7,10-13,15-16,18,21H,8-9,14,17,19-20H2,1H3,(H,29,30)/t21-/m0/s1. The smallest absolute Gasteiger partial charge is 0.310 e. The van der Waals surface area contributed by atoms with Gasteiger partial charge in [-0.2, -0.15) is 0 Å². The maximum Gasteiger partial charge on any atom is 0.310 e. The van der Waals surface area contributed by atoms with Gasteiger partial charge in [0, 0.05) is 12.5 Å². The molecule has 0 heterocycles. The van der Waals surface area contributed by atoms with Crippen molar-refractivity contribution in [3.8, 4) is 11.5 Å². The van der Waals surface area contributed by atoms with E-state index in [9.17, 15) is 9.59 Å². The average molecular weight is 463 g/mol. The molecule has 0 aliphatic rings. The molecular weight excluding hydrogens is 432 g/mol. The summed E-state index contributed by atoms with van der Waals surface area (Å²) in [5, 5.41) is 8.76. The van der Waals surface area contributed by atoms with Gasteiger partial charge in [0.15, 0.2) is 0 Å². The van der Waals surface area contributed by atoms with E-state index in [1.165, 1.54) is 0 Å². The van der Waals surface area contributed by atoms with Crippen LogP contribution in [-0.2, 0) is 34.0 Å². The minimum Gasteiger partial charge on any atom is -0.489 e. The summed E-state index contributed by atoms with van der Waals surface area (Å²) in [5.74, 6) is -0.0237. The van der Waals surface area contributed by atoms with Crippen molar-refractivity contribution in [1.82, 2.24) is 0 Å². The summed E-state index contributed by atoms with van der Waals surface area (Å²) in [7, 11) is 0. The molecule has 3 rings (SSSR count). The van der Waals surface area contributed by atoms with Gasteiger partial charge in [-0.05, 0) is 48.6 Å². The fraction of sp³-hybridized carbons (Fsp3) is 0.286. The number of carbonyl (C=O) groups excluding carboxylic acids is 1. The second-order valence-corrected chi connectivity index (χ2v) is 8.12. The Morgan fingerprint density at radius 1 is 0.794 bits per heavy atom. The van der Waals surface area contributed by atoms with Crippen molar-refractivity contribution < 1.29 is 28.9 Å². The van der Waals surface area contributed by atoms with E-state index in [2.05, 4.69) is 0 Å². The maximum atomic E-state index is 12.5. The SMILES string of the molecule is C[C@@H](CCCC(=O)O)OC(=O)Cc1cc(OCc2ccccc2)cc(OCc2ccccc2)c1. The van der Waals surface area contributed by atoms with Crippen LogP contribution in [0, 0.1) is 0 Å². The van der Waals surface area contributed by atoms with Crippen molar-refractivity contribution in [3.05, 3.63) is 95.6 Å². The molecule has 0 aliphatic heterocycles. The highest BCUT2D eigenvalue weighted by Crippen LogP contribution is 2.25. The zero-order valence-corrected chi connectivity index (χ0v) is 19.3. The van der Waals surface area contributed by atoms with E-state index in [1.807, 2.05) is 78.9 Å². The number of hydrogen-bond donors (Lipinski definition) is 1. The summed E-state index contributed by atoms with van der Waals surface area (Å²) in [6, 6.07) is 25.1. The first kappa shape index (κ1) is 24.8. The predicted octanol–water partition coefficient (Wildman–Crippen LogP) is 5.57. The Bertz CT molecular complexity index is 987. The van der Waals surface area contributed by atoms with Crippen molar-refractivity contribution in [3.63, 3.8) is 0 Å². The molecule has 0 bridgehead atoms. The lowest BCUT2D eigenvalue weighted by Crippen LogP contribution is -2.17. The van der Waals surface area contributed by atoms with Crippen molar-refractivity contribution >= 4 is 11.9 Å². The molecule has 0 unspecified atom stereocenters. The third-order valence-corrected chi connectivity index (χ3v) is 5.12. The molecule has 0 saturated carbocycles. The van der Waals surface area contributed by atoms with Crippen LogP contribution in [0.5, 0.6) is 11.5 Å². The largest absolute Gasteiger partial charge is 0.489 e. The second kappa shape index (κ2) is 13.0. The Balaban J connectivity index is 1.65. The predicted molar refractivity (Wildman–Crippen MR) is 129 cm³/mol. The van der Waals surface area contributed by atoms with Gasteiger partial charge in [-0.3, -0.25) is 9.59 Å². The maximum absolute atomic E-state index is 12.5. The van der Waals surface area contributed by atoms with Crippen LogP contribution in [0.2, 0.25) is 0 Å². The number of hydrogen-bond acceptors (Lipinski definition) is 5. The van der Waals surface area contributed by atoms with Crippen LogP contribution in [-0.4, -0.2) is 23.1 Å². The monoisotopic (exact) mass is 462 g/mol. The van der Waals surface area contributed by atoms with Crippen LogP contribution < -0.4 is 9.47 Å². The van der Waals surface area contributed by atoms with Gasteiger partial charge in [0.1, 0.15) is 24.7 Å². The highest BCUT2D eigenvalue weighted by molar-refractivity contribution is 5.73. The second-order valence-electron chi connectivity index (χ2n) is 8.12. The van der Waals surface area contributed by atoms with Crippen molar-refractivity contribution in [1.29, 1.82) is 0 Å². The first-order valence-electron chi connectivity index (χ1n) is 11.4. The number of ether oxygens (including phenoxy) is 3.